The molecule has 0 fully saturated rings. The van der Waals surface area contributed by atoms with Crippen LogP contribution in [0, 0.1) is 11.8 Å². The minimum atomic E-state index is 0.238. The van der Waals surface area contributed by atoms with Gasteiger partial charge in [0.1, 0.15) is 0 Å². The number of hydrogen-bond donors (Lipinski definition) is 1. The molecule has 0 radical (unpaired) electrons. The van der Waals surface area contributed by atoms with Crippen LogP contribution in [0.3, 0.4) is 0 Å². The zero-order valence-electron chi connectivity index (χ0n) is 6.30. The summed E-state index contributed by atoms with van der Waals surface area (Å²) < 4.78 is 0. The van der Waals surface area contributed by atoms with Crippen molar-refractivity contribution in [1.82, 2.24) is 0 Å². The zero-order chi connectivity index (χ0) is 7.28. The summed E-state index contributed by atoms with van der Waals surface area (Å²) in [6.45, 7) is 8.15. The highest BCUT2D eigenvalue weighted by atomic mass is 16.3. The molecule has 0 saturated carbocycles. The van der Waals surface area contributed by atoms with E-state index in [0.717, 1.165) is 6.42 Å². The van der Waals surface area contributed by atoms with Crippen LogP contribution >= 0.6 is 0 Å². The van der Waals surface area contributed by atoms with Crippen LogP contribution in [0.1, 0.15) is 20.3 Å². The molecule has 0 aromatic heterocycles. The Hall–Kier alpha value is -0.300. The Kier molecular flexibility index (Phi) is 4.41. The lowest BCUT2D eigenvalue weighted by atomic mass is 9.98. The summed E-state index contributed by atoms with van der Waals surface area (Å²) in [4.78, 5) is 0. The third kappa shape index (κ3) is 4.22. The second-order valence-corrected chi connectivity index (χ2v) is 2.81. The molecule has 0 amide bonds. The van der Waals surface area contributed by atoms with Gasteiger partial charge in [0, 0.05) is 6.61 Å². The van der Waals surface area contributed by atoms with Crippen molar-refractivity contribution >= 4 is 0 Å². The molecular weight excluding hydrogens is 112 g/mol. The van der Waals surface area contributed by atoms with E-state index < -0.39 is 0 Å². The van der Waals surface area contributed by atoms with Gasteiger partial charge in [0.05, 0.1) is 0 Å². The number of rotatable bonds is 4. The normalized spacial score (nSPS) is 13.8. The van der Waals surface area contributed by atoms with Crippen LogP contribution in [0.15, 0.2) is 12.7 Å². The van der Waals surface area contributed by atoms with Crippen LogP contribution < -0.4 is 0 Å². The minimum absolute atomic E-state index is 0.238. The molecule has 1 nitrogen and oxygen atoms in total. The van der Waals surface area contributed by atoms with Crippen LogP contribution in [0.4, 0.5) is 0 Å². The van der Waals surface area contributed by atoms with Crippen LogP contribution in [0.5, 0.6) is 0 Å². The predicted molar refractivity (Wildman–Crippen MR) is 40.2 cm³/mol. The van der Waals surface area contributed by atoms with Crippen molar-refractivity contribution in [1.29, 1.82) is 0 Å². The Labute approximate surface area is 57.4 Å². The number of hydrogen-bond acceptors (Lipinski definition) is 1. The van der Waals surface area contributed by atoms with Gasteiger partial charge in [0.2, 0.25) is 0 Å². The monoisotopic (exact) mass is 128 g/mol. The predicted octanol–water partition coefficient (Wildman–Crippen LogP) is 1.83. The largest absolute Gasteiger partial charge is 0.396 e. The highest BCUT2D eigenvalue weighted by molar-refractivity contribution is 4.78. The first-order valence-electron chi connectivity index (χ1n) is 3.44. The molecule has 9 heavy (non-hydrogen) atoms. The average molecular weight is 128 g/mol. The Bertz CT molecular complexity index is 76.6. The third-order valence-corrected chi connectivity index (χ3v) is 1.34. The van der Waals surface area contributed by atoms with Crippen molar-refractivity contribution in [2.24, 2.45) is 11.8 Å². The quantitative estimate of drug-likeness (QED) is 0.573. The maximum Gasteiger partial charge on any atom is 0.0493 e. The van der Waals surface area contributed by atoms with E-state index in [9.17, 15) is 0 Å². The molecule has 0 aliphatic rings. The summed E-state index contributed by atoms with van der Waals surface area (Å²) in [5, 5.41) is 8.70. The highest BCUT2D eigenvalue weighted by Crippen LogP contribution is 2.10. The van der Waals surface area contributed by atoms with Gasteiger partial charge >= 0.3 is 0 Å². The maximum atomic E-state index is 8.70. The van der Waals surface area contributed by atoms with Gasteiger partial charge in [-0.2, -0.15) is 0 Å². The molecular formula is C8H16O. The SMILES string of the molecule is C=CC(CO)CC(C)C. The molecule has 0 bridgehead atoms. The lowest BCUT2D eigenvalue weighted by Gasteiger charge is -2.10. The van der Waals surface area contributed by atoms with Crippen molar-refractivity contribution < 1.29 is 5.11 Å². The summed E-state index contributed by atoms with van der Waals surface area (Å²) in [6.07, 6.45) is 2.86. The fourth-order valence-corrected chi connectivity index (χ4v) is 0.851. The molecule has 1 atom stereocenters. The van der Waals surface area contributed by atoms with E-state index in [1.165, 1.54) is 0 Å². The fraction of sp³-hybridized carbons (Fsp3) is 0.750. The molecule has 0 spiro atoms. The molecule has 0 heterocycles. The van der Waals surface area contributed by atoms with Gasteiger partial charge < -0.3 is 5.11 Å². The first-order chi connectivity index (χ1) is 4.20. The zero-order valence-corrected chi connectivity index (χ0v) is 6.30. The van der Waals surface area contributed by atoms with Gasteiger partial charge in [0.15, 0.2) is 0 Å². The van der Waals surface area contributed by atoms with E-state index in [2.05, 4.69) is 20.4 Å². The minimum Gasteiger partial charge on any atom is -0.396 e. The van der Waals surface area contributed by atoms with Crippen molar-refractivity contribution in [2.75, 3.05) is 6.61 Å². The Morgan fingerprint density at radius 1 is 1.56 bits per heavy atom. The summed E-state index contributed by atoms with van der Waals surface area (Å²) in [6, 6.07) is 0. The second-order valence-electron chi connectivity index (χ2n) is 2.81. The molecule has 1 heteroatoms. The molecule has 1 N–H and O–H groups in total. The molecule has 0 saturated heterocycles. The topological polar surface area (TPSA) is 20.2 Å². The number of aliphatic hydroxyl groups excluding tert-OH is 1. The standard InChI is InChI=1S/C8H16O/c1-4-8(6-9)5-7(2)3/h4,7-9H,1,5-6H2,2-3H3. The summed E-state index contributed by atoms with van der Waals surface area (Å²) >= 11 is 0. The van der Waals surface area contributed by atoms with Gasteiger partial charge in [-0.25, -0.2) is 0 Å². The highest BCUT2D eigenvalue weighted by Gasteiger charge is 2.03. The average Bonchev–Trinajstić information content (AvgIpc) is 1.82. The van der Waals surface area contributed by atoms with E-state index in [4.69, 9.17) is 5.11 Å². The second kappa shape index (κ2) is 4.57. The van der Waals surface area contributed by atoms with E-state index in [1.807, 2.05) is 6.08 Å². The molecule has 0 aromatic rings. The maximum absolute atomic E-state index is 8.70. The van der Waals surface area contributed by atoms with Crippen molar-refractivity contribution in [3.63, 3.8) is 0 Å². The molecule has 54 valence electrons. The first-order valence-corrected chi connectivity index (χ1v) is 3.44. The third-order valence-electron chi connectivity index (χ3n) is 1.34. The Balaban J connectivity index is 3.42. The number of aliphatic hydroxyl groups is 1. The molecule has 1 unspecified atom stereocenters. The van der Waals surface area contributed by atoms with E-state index in [-0.39, 0.29) is 6.61 Å². The summed E-state index contributed by atoms with van der Waals surface area (Å²) in [5.74, 6) is 0.949. The van der Waals surface area contributed by atoms with Gasteiger partial charge in [-0.3, -0.25) is 0 Å². The van der Waals surface area contributed by atoms with Crippen LogP contribution in [-0.2, 0) is 0 Å². The van der Waals surface area contributed by atoms with Gasteiger partial charge in [-0.05, 0) is 18.3 Å². The van der Waals surface area contributed by atoms with Crippen LogP contribution in [0.25, 0.3) is 0 Å². The molecule has 0 aliphatic heterocycles. The summed E-state index contributed by atoms with van der Waals surface area (Å²) in [5.41, 5.74) is 0. The molecule has 0 aromatic carbocycles. The lowest BCUT2D eigenvalue weighted by Crippen LogP contribution is -2.05. The molecule has 0 aliphatic carbocycles. The molecule has 0 rings (SSSR count). The first kappa shape index (κ1) is 8.70. The lowest BCUT2D eigenvalue weighted by molar-refractivity contribution is 0.235. The van der Waals surface area contributed by atoms with Crippen molar-refractivity contribution in [3.05, 3.63) is 12.7 Å². The van der Waals surface area contributed by atoms with Crippen LogP contribution in [0.2, 0.25) is 0 Å². The van der Waals surface area contributed by atoms with Gasteiger partial charge in [-0.15, -0.1) is 6.58 Å². The van der Waals surface area contributed by atoms with Gasteiger partial charge in [-0.1, -0.05) is 19.9 Å². The fourth-order valence-electron chi connectivity index (χ4n) is 0.851. The Morgan fingerprint density at radius 3 is 2.22 bits per heavy atom. The smallest absolute Gasteiger partial charge is 0.0493 e. The van der Waals surface area contributed by atoms with Crippen LogP contribution in [-0.4, -0.2) is 11.7 Å². The van der Waals surface area contributed by atoms with E-state index in [0.29, 0.717) is 11.8 Å². The van der Waals surface area contributed by atoms with Crippen molar-refractivity contribution in [3.8, 4) is 0 Å². The summed E-state index contributed by atoms with van der Waals surface area (Å²) in [7, 11) is 0. The van der Waals surface area contributed by atoms with Crippen molar-refractivity contribution in [2.45, 2.75) is 20.3 Å². The van der Waals surface area contributed by atoms with Gasteiger partial charge in [0.25, 0.3) is 0 Å². The Morgan fingerprint density at radius 2 is 2.11 bits per heavy atom. The van der Waals surface area contributed by atoms with E-state index >= 15 is 0 Å². The van der Waals surface area contributed by atoms with E-state index in [1.54, 1.807) is 0 Å².